The summed E-state index contributed by atoms with van der Waals surface area (Å²) < 4.78 is 16.8. The predicted molar refractivity (Wildman–Crippen MR) is 131 cm³/mol. The maximum Gasteiger partial charge on any atom is 0.257 e. The lowest BCUT2D eigenvalue weighted by molar-refractivity contribution is -0.195. The van der Waals surface area contributed by atoms with Gasteiger partial charge in [0, 0.05) is 12.7 Å². The Morgan fingerprint density at radius 3 is 2.40 bits per heavy atom. The normalized spacial score (nSPS) is 30.1. The average molecular weight is 484 g/mol. The van der Waals surface area contributed by atoms with Crippen LogP contribution in [0.4, 0.5) is 5.69 Å². The molecule has 2 aliphatic heterocycles. The van der Waals surface area contributed by atoms with Crippen LogP contribution in [0.5, 0.6) is 11.5 Å². The summed E-state index contributed by atoms with van der Waals surface area (Å²) >= 11 is 0. The van der Waals surface area contributed by atoms with Gasteiger partial charge in [-0.2, -0.15) is 0 Å². The molecule has 2 heterocycles. The molecule has 0 bridgehead atoms. The van der Waals surface area contributed by atoms with Crippen LogP contribution in [0, 0.1) is 0 Å². The topological polar surface area (TPSA) is 117 Å². The third-order valence-electron chi connectivity index (χ3n) is 7.06. The highest BCUT2D eigenvalue weighted by Crippen LogP contribution is 2.48. The van der Waals surface area contributed by atoms with Crippen LogP contribution in [-0.4, -0.2) is 58.9 Å². The summed E-state index contributed by atoms with van der Waals surface area (Å²) in [5.74, 6) is -0.121. The molecule has 1 fully saturated rings. The Hall–Kier alpha value is -2.91. The van der Waals surface area contributed by atoms with Crippen LogP contribution in [0.3, 0.4) is 0 Å². The van der Waals surface area contributed by atoms with Gasteiger partial charge in [0.15, 0.2) is 11.7 Å². The summed E-state index contributed by atoms with van der Waals surface area (Å²) in [5, 5.41) is 36.3. The van der Waals surface area contributed by atoms with Gasteiger partial charge in [0.2, 0.25) is 0 Å². The molecule has 2 aromatic carbocycles. The van der Waals surface area contributed by atoms with Gasteiger partial charge in [-0.05, 0) is 63.4 Å². The Bertz CT molecular complexity index is 1140. The standard InChI is InChI=1S/C27H33NO7/c1-25(2)20(29)13-15-26(3,35-25)14-12-16-6-11-19-21(22(16)30)27(32,23(34-5)24(31)28-19)17-7-9-18(33-4)10-8-17/h6-12,14,20,23,29-30,32H,13,15H2,1-5H3,(H,28,31)/b14-12+/t20-,23+,26+,27-/m1/s1. The first-order chi connectivity index (χ1) is 16.4. The molecule has 0 unspecified atom stereocenters. The van der Waals surface area contributed by atoms with E-state index < -0.39 is 34.9 Å². The Morgan fingerprint density at radius 1 is 1.11 bits per heavy atom. The minimum Gasteiger partial charge on any atom is -0.507 e. The molecule has 8 nitrogen and oxygen atoms in total. The number of benzene rings is 2. The molecule has 1 amide bonds. The molecule has 2 aliphatic rings. The van der Waals surface area contributed by atoms with Crippen LogP contribution in [0.1, 0.15) is 50.3 Å². The van der Waals surface area contributed by atoms with Crippen molar-refractivity contribution in [3.8, 4) is 11.5 Å². The van der Waals surface area contributed by atoms with E-state index >= 15 is 0 Å². The number of nitrogens with one attached hydrogen (secondary N) is 1. The molecule has 0 aliphatic carbocycles. The fourth-order valence-electron chi connectivity index (χ4n) is 5.04. The summed E-state index contributed by atoms with van der Waals surface area (Å²) in [7, 11) is 2.87. The van der Waals surface area contributed by atoms with E-state index in [0.29, 0.717) is 35.4 Å². The van der Waals surface area contributed by atoms with Crippen LogP contribution in [-0.2, 0) is 19.9 Å². The number of phenols is 1. The van der Waals surface area contributed by atoms with Gasteiger partial charge in [0.05, 0.1) is 35.7 Å². The third-order valence-corrected chi connectivity index (χ3v) is 7.06. The minimum atomic E-state index is -1.95. The van der Waals surface area contributed by atoms with Gasteiger partial charge >= 0.3 is 0 Å². The second-order valence-electron chi connectivity index (χ2n) is 9.93. The van der Waals surface area contributed by atoms with Crippen molar-refractivity contribution < 1.29 is 34.3 Å². The zero-order chi connectivity index (χ0) is 25.6. The SMILES string of the molecule is COc1ccc([C@@]2(O)c3c(ccc(/C=C/[C@@]4(C)CC[C@@H](O)C(C)(C)O4)c3O)NC(=O)[C@@H]2OC)cc1. The van der Waals surface area contributed by atoms with Crippen molar-refractivity contribution in [1.82, 2.24) is 0 Å². The zero-order valence-corrected chi connectivity index (χ0v) is 20.7. The third kappa shape index (κ3) is 4.31. The zero-order valence-electron chi connectivity index (χ0n) is 20.7. The van der Waals surface area contributed by atoms with Crippen LogP contribution < -0.4 is 10.1 Å². The lowest BCUT2D eigenvalue weighted by Crippen LogP contribution is -2.52. The summed E-state index contributed by atoms with van der Waals surface area (Å²) in [6.45, 7) is 5.63. The fourth-order valence-corrected chi connectivity index (χ4v) is 5.04. The number of phenolic OH excluding ortho intramolecular Hbond substituents is 1. The lowest BCUT2D eigenvalue weighted by atomic mass is 9.76. The molecule has 1 saturated heterocycles. The Morgan fingerprint density at radius 2 is 1.80 bits per heavy atom. The van der Waals surface area contributed by atoms with E-state index in [1.165, 1.54) is 14.2 Å². The second-order valence-corrected chi connectivity index (χ2v) is 9.93. The van der Waals surface area contributed by atoms with Crippen molar-refractivity contribution in [2.45, 2.75) is 62.6 Å². The lowest BCUT2D eigenvalue weighted by Gasteiger charge is -2.45. The maximum absolute atomic E-state index is 12.8. The van der Waals surface area contributed by atoms with Gasteiger partial charge in [0.1, 0.15) is 11.5 Å². The average Bonchev–Trinajstić information content (AvgIpc) is 2.81. The second kappa shape index (κ2) is 8.95. The Kier molecular flexibility index (Phi) is 6.44. The van der Waals surface area contributed by atoms with Crippen molar-refractivity contribution >= 4 is 17.7 Å². The Balaban J connectivity index is 1.80. The highest BCUT2D eigenvalue weighted by molar-refractivity contribution is 6.00. The molecule has 4 rings (SSSR count). The number of ether oxygens (including phenoxy) is 3. The van der Waals surface area contributed by atoms with E-state index in [4.69, 9.17) is 14.2 Å². The van der Waals surface area contributed by atoms with Gasteiger partial charge in [-0.3, -0.25) is 4.79 Å². The minimum absolute atomic E-state index is 0.140. The van der Waals surface area contributed by atoms with Crippen molar-refractivity contribution in [3.63, 3.8) is 0 Å². The number of rotatable bonds is 5. The quantitative estimate of drug-likeness (QED) is 0.515. The van der Waals surface area contributed by atoms with E-state index in [0.717, 1.165) is 0 Å². The first kappa shape index (κ1) is 25.2. The maximum atomic E-state index is 12.8. The number of hydrogen-bond donors (Lipinski definition) is 4. The highest BCUT2D eigenvalue weighted by Gasteiger charge is 2.51. The smallest absolute Gasteiger partial charge is 0.257 e. The Labute approximate surface area is 205 Å². The van der Waals surface area contributed by atoms with Crippen molar-refractivity contribution in [2.75, 3.05) is 19.5 Å². The number of methoxy groups -OCH3 is 2. The number of aromatic hydroxyl groups is 1. The summed E-state index contributed by atoms with van der Waals surface area (Å²) in [5.41, 5.74) is -2.07. The van der Waals surface area contributed by atoms with Crippen molar-refractivity contribution in [3.05, 3.63) is 59.2 Å². The van der Waals surface area contributed by atoms with Gasteiger partial charge in [-0.25, -0.2) is 0 Å². The van der Waals surface area contributed by atoms with Gasteiger partial charge < -0.3 is 34.8 Å². The molecule has 4 atom stereocenters. The van der Waals surface area contributed by atoms with E-state index in [1.807, 2.05) is 26.8 Å². The molecule has 8 heteroatoms. The molecule has 0 aromatic heterocycles. The van der Waals surface area contributed by atoms with Gasteiger partial charge in [-0.1, -0.05) is 24.3 Å². The summed E-state index contributed by atoms with van der Waals surface area (Å²) in [4.78, 5) is 12.8. The molecule has 4 N–H and O–H groups in total. The molecule has 188 valence electrons. The number of carbonyl (C=O) groups is 1. The van der Waals surface area contributed by atoms with E-state index in [1.54, 1.807) is 42.5 Å². The molecule has 35 heavy (non-hydrogen) atoms. The summed E-state index contributed by atoms with van der Waals surface area (Å²) in [6, 6.07) is 9.93. The van der Waals surface area contributed by atoms with Gasteiger partial charge in [0.25, 0.3) is 5.91 Å². The van der Waals surface area contributed by atoms with Crippen LogP contribution in [0.15, 0.2) is 42.5 Å². The van der Waals surface area contributed by atoms with Crippen molar-refractivity contribution in [1.29, 1.82) is 0 Å². The fraction of sp³-hybridized carbons (Fsp3) is 0.444. The monoisotopic (exact) mass is 483 g/mol. The number of fused-ring (bicyclic) bond motifs is 1. The predicted octanol–water partition coefficient (Wildman–Crippen LogP) is 3.33. The highest BCUT2D eigenvalue weighted by atomic mass is 16.5. The van der Waals surface area contributed by atoms with Gasteiger partial charge in [-0.15, -0.1) is 0 Å². The largest absolute Gasteiger partial charge is 0.507 e. The number of amides is 1. The molecule has 0 spiro atoms. The number of carbonyl (C=O) groups excluding carboxylic acids is 1. The van der Waals surface area contributed by atoms with Crippen LogP contribution in [0.25, 0.3) is 6.08 Å². The van der Waals surface area contributed by atoms with E-state index in [-0.39, 0.29) is 11.3 Å². The summed E-state index contributed by atoms with van der Waals surface area (Å²) in [6.07, 6.45) is 2.92. The van der Waals surface area contributed by atoms with Crippen molar-refractivity contribution in [2.24, 2.45) is 0 Å². The molecular formula is C27H33NO7. The molecule has 0 radical (unpaired) electrons. The van der Waals surface area contributed by atoms with Crippen LogP contribution >= 0.6 is 0 Å². The number of aliphatic hydroxyl groups is 2. The molecular weight excluding hydrogens is 450 g/mol. The first-order valence-electron chi connectivity index (χ1n) is 11.6. The molecule has 0 saturated carbocycles. The van der Waals surface area contributed by atoms with E-state index in [9.17, 15) is 20.1 Å². The number of anilines is 1. The van der Waals surface area contributed by atoms with Crippen LogP contribution in [0.2, 0.25) is 0 Å². The number of aliphatic hydroxyl groups excluding tert-OH is 1. The molecule has 2 aromatic rings. The van der Waals surface area contributed by atoms with E-state index in [2.05, 4.69) is 5.32 Å². The number of hydrogen-bond acceptors (Lipinski definition) is 7. The first-order valence-corrected chi connectivity index (χ1v) is 11.6.